The summed E-state index contributed by atoms with van der Waals surface area (Å²) in [6.07, 6.45) is 1.62. The van der Waals surface area contributed by atoms with Gasteiger partial charge in [-0.05, 0) is 49.0 Å². The van der Waals surface area contributed by atoms with Crippen LogP contribution in [0, 0.1) is 0 Å². The highest BCUT2D eigenvalue weighted by molar-refractivity contribution is 9.10. The third kappa shape index (κ3) is 4.36. The van der Waals surface area contributed by atoms with Crippen LogP contribution in [0.3, 0.4) is 0 Å². The molecular weight excluding hydrogens is 298 g/mol. The molecule has 0 radical (unpaired) electrons. The fourth-order valence-electron chi connectivity index (χ4n) is 1.18. The lowest BCUT2D eigenvalue weighted by Crippen LogP contribution is -2.47. The Hall–Kier alpha value is -0.980. The number of nitrogens with one attached hydrogen (secondary N) is 1. The zero-order valence-electron chi connectivity index (χ0n) is 10.8. The van der Waals surface area contributed by atoms with Gasteiger partial charge in [0.25, 0.3) is 0 Å². The number of carbonyl (C=O) groups is 1. The van der Waals surface area contributed by atoms with Crippen molar-refractivity contribution in [1.29, 1.82) is 0 Å². The van der Waals surface area contributed by atoms with Crippen molar-refractivity contribution in [2.75, 3.05) is 25.5 Å². The Morgan fingerprint density at radius 2 is 2.22 bits per heavy atom. The summed E-state index contributed by atoms with van der Waals surface area (Å²) >= 11 is 3.28. The SMILES string of the molecule is CN(CC(=O)Nc1ccc(Br)cn1)C(C)(C)CO. The number of hydrogen-bond acceptors (Lipinski definition) is 4. The van der Waals surface area contributed by atoms with E-state index in [-0.39, 0.29) is 19.1 Å². The Bertz CT molecular complexity index is 406. The molecule has 1 rings (SSSR count). The van der Waals surface area contributed by atoms with Crippen LogP contribution >= 0.6 is 15.9 Å². The van der Waals surface area contributed by atoms with Gasteiger partial charge in [0.05, 0.1) is 13.2 Å². The van der Waals surface area contributed by atoms with Crippen LogP contribution in [0.15, 0.2) is 22.8 Å². The summed E-state index contributed by atoms with van der Waals surface area (Å²) < 4.78 is 0.860. The van der Waals surface area contributed by atoms with Crippen LogP contribution < -0.4 is 5.32 Å². The summed E-state index contributed by atoms with van der Waals surface area (Å²) in [6, 6.07) is 3.53. The van der Waals surface area contributed by atoms with Crippen LogP contribution in [0.1, 0.15) is 13.8 Å². The summed E-state index contributed by atoms with van der Waals surface area (Å²) in [4.78, 5) is 17.6. The van der Waals surface area contributed by atoms with Crippen molar-refractivity contribution in [3.05, 3.63) is 22.8 Å². The first-order chi connectivity index (χ1) is 8.35. The summed E-state index contributed by atoms with van der Waals surface area (Å²) in [7, 11) is 1.80. The van der Waals surface area contributed by atoms with Crippen molar-refractivity contribution < 1.29 is 9.90 Å². The monoisotopic (exact) mass is 315 g/mol. The predicted octanol–water partition coefficient (Wildman–Crippen LogP) is 1.49. The lowest BCUT2D eigenvalue weighted by molar-refractivity contribution is -0.118. The van der Waals surface area contributed by atoms with Crippen molar-refractivity contribution >= 4 is 27.7 Å². The van der Waals surface area contributed by atoms with Crippen LogP contribution in [-0.4, -0.2) is 46.6 Å². The molecule has 0 bridgehead atoms. The van der Waals surface area contributed by atoms with E-state index in [1.54, 1.807) is 24.2 Å². The lowest BCUT2D eigenvalue weighted by atomic mass is 10.1. The van der Waals surface area contributed by atoms with Gasteiger partial charge in [0.2, 0.25) is 5.91 Å². The average molecular weight is 316 g/mol. The lowest BCUT2D eigenvalue weighted by Gasteiger charge is -2.33. The number of likely N-dealkylation sites (N-methyl/N-ethyl adjacent to an activating group) is 1. The van der Waals surface area contributed by atoms with Crippen molar-refractivity contribution in [2.45, 2.75) is 19.4 Å². The van der Waals surface area contributed by atoms with Crippen LogP contribution in [0.2, 0.25) is 0 Å². The molecule has 0 fully saturated rings. The van der Waals surface area contributed by atoms with Gasteiger partial charge in [0, 0.05) is 16.2 Å². The molecule has 0 saturated carbocycles. The molecule has 0 atom stereocenters. The fourth-order valence-corrected chi connectivity index (χ4v) is 1.42. The maximum atomic E-state index is 11.8. The second kappa shape index (κ2) is 6.26. The van der Waals surface area contributed by atoms with Crippen LogP contribution in [0.4, 0.5) is 5.82 Å². The minimum atomic E-state index is -0.426. The minimum absolute atomic E-state index is 0.00663. The molecule has 0 saturated heterocycles. The first-order valence-electron chi connectivity index (χ1n) is 5.58. The molecule has 18 heavy (non-hydrogen) atoms. The van der Waals surface area contributed by atoms with E-state index in [2.05, 4.69) is 26.2 Å². The quantitative estimate of drug-likeness (QED) is 0.864. The van der Waals surface area contributed by atoms with Gasteiger partial charge in [-0.25, -0.2) is 4.98 Å². The highest BCUT2D eigenvalue weighted by atomic mass is 79.9. The number of rotatable bonds is 5. The summed E-state index contributed by atoms with van der Waals surface area (Å²) in [6.45, 7) is 3.94. The smallest absolute Gasteiger partial charge is 0.239 e. The van der Waals surface area contributed by atoms with E-state index in [4.69, 9.17) is 0 Å². The topological polar surface area (TPSA) is 65.5 Å². The number of pyridine rings is 1. The standard InChI is InChI=1S/C12H18BrN3O2/c1-12(2,8-17)16(3)7-11(18)15-10-5-4-9(13)6-14-10/h4-6,17H,7-8H2,1-3H3,(H,14,15,18). The van der Waals surface area contributed by atoms with Crippen molar-refractivity contribution in [1.82, 2.24) is 9.88 Å². The number of hydrogen-bond donors (Lipinski definition) is 2. The van der Waals surface area contributed by atoms with Gasteiger partial charge in [0.15, 0.2) is 0 Å². The molecule has 1 amide bonds. The molecule has 2 N–H and O–H groups in total. The molecule has 6 heteroatoms. The van der Waals surface area contributed by atoms with Gasteiger partial charge in [-0.15, -0.1) is 0 Å². The summed E-state index contributed by atoms with van der Waals surface area (Å²) in [5.74, 6) is 0.354. The number of aliphatic hydroxyl groups excluding tert-OH is 1. The third-order valence-corrected chi connectivity index (χ3v) is 3.27. The maximum absolute atomic E-state index is 11.8. The number of anilines is 1. The summed E-state index contributed by atoms with van der Waals surface area (Å²) in [5, 5.41) is 11.9. The van der Waals surface area contributed by atoms with E-state index < -0.39 is 5.54 Å². The number of aromatic nitrogens is 1. The molecule has 0 aliphatic rings. The van der Waals surface area contributed by atoms with Crippen LogP contribution in [0.5, 0.6) is 0 Å². The van der Waals surface area contributed by atoms with Crippen molar-refractivity contribution in [3.8, 4) is 0 Å². The number of amides is 1. The molecule has 5 nitrogen and oxygen atoms in total. The average Bonchev–Trinajstić information content (AvgIpc) is 2.32. The number of halogens is 1. The van der Waals surface area contributed by atoms with Crippen molar-refractivity contribution in [2.24, 2.45) is 0 Å². The molecule has 1 aromatic rings. The van der Waals surface area contributed by atoms with E-state index in [0.717, 1.165) is 4.47 Å². The molecule has 1 heterocycles. The van der Waals surface area contributed by atoms with E-state index in [1.807, 2.05) is 19.9 Å². The Morgan fingerprint density at radius 1 is 1.56 bits per heavy atom. The minimum Gasteiger partial charge on any atom is -0.394 e. The van der Waals surface area contributed by atoms with Crippen molar-refractivity contribution in [3.63, 3.8) is 0 Å². The van der Waals surface area contributed by atoms with Gasteiger partial charge < -0.3 is 10.4 Å². The molecular formula is C12H18BrN3O2. The van der Waals surface area contributed by atoms with Crippen LogP contribution in [-0.2, 0) is 4.79 Å². The van der Waals surface area contributed by atoms with Crippen LogP contribution in [0.25, 0.3) is 0 Å². The molecule has 0 aromatic carbocycles. The van der Waals surface area contributed by atoms with Gasteiger partial charge in [-0.3, -0.25) is 9.69 Å². The maximum Gasteiger partial charge on any atom is 0.239 e. The zero-order chi connectivity index (χ0) is 13.8. The Balaban J connectivity index is 2.54. The van der Waals surface area contributed by atoms with E-state index in [9.17, 15) is 9.90 Å². The Morgan fingerprint density at radius 3 is 2.72 bits per heavy atom. The molecule has 0 aliphatic heterocycles. The number of carbonyl (C=O) groups excluding carboxylic acids is 1. The largest absolute Gasteiger partial charge is 0.394 e. The van der Waals surface area contributed by atoms with Gasteiger partial charge >= 0.3 is 0 Å². The molecule has 0 unspecified atom stereocenters. The second-order valence-corrected chi connectivity index (χ2v) is 5.65. The zero-order valence-corrected chi connectivity index (χ0v) is 12.4. The first kappa shape index (κ1) is 15.1. The van der Waals surface area contributed by atoms with E-state index >= 15 is 0 Å². The second-order valence-electron chi connectivity index (χ2n) is 4.74. The molecule has 100 valence electrons. The van der Waals surface area contributed by atoms with E-state index in [0.29, 0.717) is 5.82 Å². The number of aliphatic hydroxyl groups is 1. The first-order valence-corrected chi connectivity index (χ1v) is 6.38. The summed E-state index contributed by atoms with van der Waals surface area (Å²) in [5.41, 5.74) is -0.426. The Labute approximate surface area is 115 Å². The fraction of sp³-hybridized carbons (Fsp3) is 0.500. The third-order valence-electron chi connectivity index (χ3n) is 2.80. The highest BCUT2D eigenvalue weighted by Crippen LogP contribution is 2.12. The van der Waals surface area contributed by atoms with Gasteiger partial charge in [-0.1, -0.05) is 0 Å². The normalized spacial score (nSPS) is 11.7. The predicted molar refractivity (Wildman–Crippen MR) is 74.4 cm³/mol. The Kier molecular flexibility index (Phi) is 5.25. The highest BCUT2D eigenvalue weighted by Gasteiger charge is 2.24. The molecule has 0 spiro atoms. The van der Waals surface area contributed by atoms with Gasteiger partial charge in [0.1, 0.15) is 5.82 Å². The number of nitrogens with zero attached hydrogens (tertiary/aromatic N) is 2. The molecule has 1 aromatic heterocycles. The molecule has 0 aliphatic carbocycles. The van der Waals surface area contributed by atoms with Gasteiger partial charge in [-0.2, -0.15) is 0 Å². The van der Waals surface area contributed by atoms with E-state index in [1.165, 1.54) is 0 Å².